The Morgan fingerprint density at radius 1 is 1.15 bits per heavy atom. The van der Waals surface area contributed by atoms with Crippen LogP contribution in [0.15, 0.2) is 12.1 Å². The highest BCUT2D eigenvalue weighted by molar-refractivity contribution is 6.07. The number of carbonyl (C=O) groups excluding carboxylic acids is 1. The Balaban J connectivity index is 2.39. The number of Topliss-reactive ketones (excluding diaryl/α,β-unsaturated/α-hetero) is 1. The molecule has 108 valence electrons. The van der Waals surface area contributed by atoms with E-state index in [1.54, 1.807) is 0 Å². The number of aliphatic carboxylic acids is 1. The van der Waals surface area contributed by atoms with Crippen LogP contribution in [0.5, 0.6) is 0 Å². The monoisotopic (exact) mass is 274 g/mol. The molecule has 1 aromatic rings. The smallest absolute Gasteiger partial charge is 0.317 e. The van der Waals surface area contributed by atoms with Crippen molar-refractivity contribution in [2.45, 2.75) is 52.9 Å². The van der Waals surface area contributed by atoms with Gasteiger partial charge in [0.1, 0.15) is 5.41 Å². The molecule has 1 atom stereocenters. The van der Waals surface area contributed by atoms with E-state index in [4.69, 9.17) is 0 Å². The summed E-state index contributed by atoms with van der Waals surface area (Å²) in [5, 5.41) is 9.41. The van der Waals surface area contributed by atoms with Gasteiger partial charge in [-0.05, 0) is 50.3 Å². The van der Waals surface area contributed by atoms with Crippen molar-refractivity contribution in [2.24, 2.45) is 5.41 Å². The molecule has 1 aliphatic carbocycles. The van der Waals surface area contributed by atoms with Crippen molar-refractivity contribution < 1.29 is 14.7 Å². The number of aryl methyl sites for hydroxylation is 3. The zero-order valence-corrected chi connectivity index (χ0v) is 12.6. The third-order valence-electron chi connectivity index (χ3n) is 4.65. The first-order chi connectivity index (χ1) is 9.29. The average molecular weight is 274 g/mol. The summed E-state index contributed by atoms with van der Waals surface area (Å²) in [6.45, 7) is 7.86. The van der Waals surface area contributed by atoms with Crippen molar-refractivity contribution >= 4 is 11.8 Å². The van der Waals surface area contributed by atoms with E-state index in [1.807, 2.05) is 27.7 Å². The Labute approximate surface area is 120 Å². The first-order valence-electron chi connectivity index (χ1n) is 7.15. The van der Waals surface area contributed by atoms with E-state index in [-0.39, 0.29) is 11.7 Å². The van der Waals surface area contributed by atoms with Crippen LogP contribution in [-0.4, -0.2) is 16.9 Å². The van der Waals surface area contributed by atoms with E-state index in [0.29, 0.717) is 12.8 Å². The van der Waals surface area contributed by atoms with E-state index in [0.717, 1.165) is 23.1 Å². The number of rotatable bonds is 4. The van der Waals surface area contributed by atoms with Crippen molar-refractivity contribution in [1.82, 2.24) is 0 Å². The standard InChI is InChI=1S/C17H22O3/c1-10-8-11(2)14(12(3)9-10)13(4)15(18)17(16(19)20)6-5-7-17/h8-9,13H,5-7H2,1-4H3,(H,19,20). The highest BCUT2D eigenvalue weighted by atomic mass is 16.4. The third-order valence-corrected chi connectivity index (χ3v) is 4.65. The second-order valence-electron chi connectivity index (χ2n) is 6.14. The molecular formula is C17H22O3. The van der Waals surface area contributed by atoms with E-state index in [1.165, 1.54) is 5.56 Å². The van der Waals surface area contributed by atoms with Crippen LogP contribution < -0.4 is 0 Å². The lowest BCUT2D eigenvalue weighted by Gasteiger charge is -2.38. The lowest BCUT2D eigenvalue weighted by Crippen LogP contribution is -2.47. The third kappa shape index (κ3) is 2.15. The maximum atomic E-state index is 12.7. The van der Waals surface area contributed by atoms with Gasteiger partial charge in [-0.2, -0.15) is 0 Å². The summed E-state index contributed by atoms with van der Waals surface area (Å²) in [4.78, 5) is 24.2. The van der Waals surface area contributed by atoms with Gasteiger partial charge in [-0.1, -0.05) is 31.0 Å². The molecule has 1 aliphatic rings. The van der Waals surface area contributed by atoms with Gasteiger partial charge in [0.25, 0.3) is 0 Å². The van der Waals surface area contributed by atoms with Crippen molar-refractivity contribution in [3.05, 3.63) is 34.4 Å². The number of benzene rings is 1. The summed E-state index contributed by atoms with van der Waals surface area (Å²) in [5.41, 5.74) is 3.17. The van der Waals surface area contributed by atoms with Crippen LogP contribution in [0, 0.1) is 26.2 Å². The number of hydrogen-bond acceptors (Lipinski definition) is 2. The fourth-order valence-electron chi connectivity index (χ4n) is 3.52. The molecule has 0 radical (unpaired) electrons. The first kappa shape index (κ1) is 14.8. The normalized spacial score (nSPS) is 18.2. The largest absolute Gasteiger partial charge is 0.480 e. The second-order valence-corrected chi connectivity index (χ2v) is 6.14. The molecule has 3 nitrogen and oxygen atoms in total. The Kier molecular flexibility index (Phi) is 3.72. The molecule has 1 N–H and O–H groups in total. The predicted octanol–water partition coefficient (Wildman–Crippen LogP) is 3.54. The molecule has 1 unspecified atom stereocenters. The molecule has 1 aromatic carbocycles. The van der Waals surface area contributed by atoms with E-state index >= 15 is 0 Å². The van der Waals surface area contributed by atoms with Gasteiger partial charge in [0.2, 0.25) is 0 Å². The van der Waals surface area contributed by atoms with Crippen molar-refractivity contribution in [1.29, 1.82) is 0 Å². The molecule has 0 heterocycles. The summed E-state index contributed by atoms with van der Waals surface area (Å²) in [7, 11) is 0. The number of carbonyl (C=O) groups is 2. The van der Waals surface area contributed by atoms with Crippen LogP contribution in [0.3, 0.4) is 0 Å². The van der Waals surface area contributed by atoms with Gasteiger partial charge in [0, 0.05) is 5.92 Å². The molecule has 20 heavy (non-hydrogen) atoms. The zero-order chi connectivity index (χ0) is 15.1. The van der Waals surface area contributed by atoms with Gasteiger partial charge in [-0.3, -0.25) is 9.59 Å². The van der Waals surface area contributed by atoms with E-state index in [2.05, 4.69) is 12.1 Å². The molecule has 0 aliphatic heterocycles. The van der Waals surface area contributed by atoms with Gasteiger partial charge < -0.3 is 5.11 Å². The molecule has 1 fully saturated rings. The molecule has 0 saturated heterocycles. The van der Waals surface area contributed by atoms with Gasteiger partial charge in [-0.15, -0.1) is 0 Å². The maximum Gasteiger partial charge on any atom is 0.317 e. The van der Waals surface area contributed by atoms with E-state index in [9.17, 15) is 14.7 Å². The summed E-state index contributed by atoms with van der Waals surface area (Å²) >= 11 is 0. The Bertz CT molecular complexity index is 545. The summed E-state index contributed by atoms with van der Waals surface area (Å²) in [6, 6.07) is 4.11. The Morgan fingerprint density at radius 2 is 1.65 bits per heavy atom. The SMILES string of the molecule is Cc1cc(C)c(C(C)C(=O)C2(C(=O)O)CCC2)c(C)c1. The molecule has 2 rings (SSSR count). The highest BCUT2D eigenvalue weighted by Crippen LogP contribution is 2.46. The van der Waals surface area contributed by atoms with Crippen molar-refractivity contribution in [3.8, 4) is 0 Å². The van der Waals surface area contributed by atoms with Gasteiger partial charge in [0.15, 0.2) is 5.78 Å². The molecule has 0 spiro atoms. The fourth-order valence-corrected chi connectivity index (χ4v) is 3.52. The quantitative estimate of drug-likeness (QED) is 0.854. The minimum absolute atomic E-state index is 0.133. The predicted molar refractivity (Wildman–Crippen MR) is 78.0 cm³/mol. The number of carboxylic acid groups (broad SMARTS) is 1. The average Bonchev–Trinajstić information content (AvgIpc) is 2.24. The van der Waals surface area contributed by atoms with Crippen LogP contribution in [0.25, 0.3) is 0 Å². The molecule has 0 bridgehead atoms. The molecule has 3 heteroatoms. The lowest BCUT2D eigenvalue weighted by molar-refractivity contribution is -0.161. The summed E-state index contributed by atoms with van der Waals surface area (Å²) in [5.74, 6) is -1.44. The first-order valence-corrected chi connectivity index (χ1v) is 7.15. The molecule has 0 amide bonds. The molecular weight excluding hydrogens is 252 g/mol. The van der Waals surface area contributed by atoms with Gasteiger partial charge in [0.05, 0.1) is 0 Å². The topological polar surface area (TPSA) is 54.4 Å². The van der Waals surface area contributed by atoms with Crippen LogP contribution in [-0.2, 0) is 9.59 Å². The summed E-state index contributed by atoms with van der Waals surface area (Å²) < 4.78 is 0. The number of hydrogen-bond donors (Lipinski definition) is 1. The number of ketones is 1. The van der Waals surface area contributed by atoms with Crippen LogP contribution in [0.2, 0.25) is 0 Å². The number of carboxylic acids is 1. The van der Waals surface area contributed by atoms with Gasteiger partial charge >= 0.3 is 5.97 Å². The van der Waals surface area contributed by atoms with E-state index < -0.39 is 11.4 Å². The van der Waals surface area contributed by atoms with Crippen LogP contribution in [0.4, 0.5) is 0 Å². The lowest BCUT2D eigenvalue weighted by atomic mass is 9.62. The fraction of sp³-hybridized carbons (Fsp3) is 0.529. The van der Waals surface area contributed by atoms with Crippen LogP contribution in [0.1, 0.15) is 54.4 Å². The second kappa shape index (κ2) is 5.04. The Morgan fingerprint density at radius 3 is 2.00 bits per heavy atom. The van der Waals surface area contributed by atoms with Crippen LogP contribution >= 0.6 is 0 Å². The minimum atomic E-state index is -1.14. The van der Waals surface area contributed by atoms with Crippen molar-refractivity contribution in [3.63, 3.8) is 0 Å². The van der Waals surface area contributed by atoms with Gasteiger partial charge in [-0.25, -0.2) is 0 Å². The highest BCUT2D eigenvalue weighted by Gasteiger charge is 2.52. The maximum absolute atomic E-state index is 12.7. The molecule has 0 aromatic heterocycles. The summed E-state index contributed by atoms with van der Waals surface area (Å²) in [6.07, 6.45) is 1.79. The molecule has 1 saturated carbocycles. The minimum Gasteiger partial charge on any atom is -0.480 e. The van der Waals surface area contributed by atoms with Crippen molar-refractivity contribution in [2.75, 3.05) is 0 Å². The zero-order valence-electron chi connectivity index (χ0n) is 12.6. The Hall–Kier alpha value is -1.64.